The second kappa shape index (κ2) is 9.87. The van der Waals surface area contributed by atoms with Crippen LogP contribution in [0.5, 0.6) is 5.75 Å². The molecule has 2 aromatic carbocycles. The molecule has 9 heteroatoms. The number of carbonyl (C=O) groups is 3. The number of likely N-dealkylation sites (tertiary alicyclic amines) is 1. The van der Waals surface area contributed by atoms with Crippen molar-refractivity contribution < 1.29 is 23.5 Å². The maximum absolute atomic E-state index is 13.4. The highest BCUT2D eigenvalue weighted by Gasteiger charge is 2.37. The van der Waals surface area contributed by atoms with Gasteiger partial charge in [0.05, 0.1) is 4.91 Å². The molecule has 166 valence electrons. The maximum atomic E-state index is 13.4. The maximum Gasteiger partial charge on any atom is 0.294 e. The van der Waals surface area contributed by atoms with E-state index < -0.39 is 11.1 Å². The zero-order valence-corrected chi connectivity index (χ0v) is 19.5. The average Bonchev–Trinajstić information content (AvgIpc) is 3.38. The molecule has 0 spiro atoms. The molecular formula is C23H20BrFN2O4S. The first kappa shape index (κ1) is 22.5. The van der Waals surface area contributed by atoms with Crippen molar-refractivity contribution in [1.29, 1.82) is 0 Å². The van der Waals surface area contributed by atoms with Crippen LogP contribution in [0.4, 0.5) is 9.18 Å². The fraction of sp³-hybridized carbons (Fsp3) is 0.261. The van der Waals surface area contributed by atoms with Crippen LogP contribution in [-0.2, 0) is 16.2 Å². The van der Waals surface area contributed by atoms with Gasteiger partial charge in [0.2, 0.25) is 5.91 Å². The fourth-order valence-corrected chi connectivity index (χ4v) is 4.74. The third-order valence-electron chi connectivity index (χ3n) is 5.17. The number of imide groups is 1. The van der Waals surface area contributed by atoms with Crippen LogP contribution in [-0.4, -0.2) is 46.5 Å². The minimum absolute atomic E-state index is 0.145. The van der Waals surface area contributed by atoms with E-state index in [9.17, 15) is 18.8 Å². The summed E-state index contributed by atoms with van der Waals surface area (Å²) in [5.74, 6) is -0.576. The van der Waals surface area contributed by atoms with Gasteiger partial charge in [0, 0.05) is 23.1 Å². The lowest BCUT2D eigenvalue weighted by Crippen LogP contribution is -2.40. The van der Waals surface area contributed by atoms with Gasteiger partial charge in [-0.05, 0) is 66.6 Å². The molecule has 0 saturated carbocycles. The molecule has 3 amide bonds. The van der Waals surface area contributed by atoms with E-state index in [0.717, 1.165) is 34.0 Å². The molecule has 4 rings (SSSR count). The molecule has 0 aromatic heterocycles. The van der Waals surface area contributed by atoms with Gasteiger partial charge in [0.25, 0.3) is 11.1 Å². The highest BCUT2D eigenvalue weighted by Crippen LogP contribution is 2.35. The van der Waals surface area contributed by atoms with E-state index in [0.29, 0.717) is 30.0 Å². The van der Waals surface area contributed by atoms with Crippen molar-refractivity contribution in [2.45, 2.75) is 19.4 Å². The minimum Gasteiger partial charge on any atom is -0.488 e. The molecule has 2 aromatic rings. The van der Waals surface area contributed by atoms with Gasteiger partial charge < -0.3 is 9.64 Å². The first-order valence-electron chi connectivity index (χ1n) is 10.1. The highest BCUT2D eigenvalue weighted by atomic mass is 79.9. The molecule has 2 saturated heterocycles. The van der Waals surface area contributed by atoms with Crippen molar-refractivity contribution in [1.82, 2.24) is 9.80 Å². The molecule has 2 aliphatic rings. The topological polar surface area (TPSA) is 66.9 Å². The third kappa shape index (κ3) is 5.21. The Bertz CT molecular complexity index is 1100. The number of ether oxygens (including phenoxy) is 1. The molecule has 2 fully saturated rings. The van der Waals surface area contributed by atoms with E-state index >= 15 is 0 Å². The summed E-state index contributed by atoms with van der Waals surface area (Å²) in [6, 6.07) is 11.4. The fourth-order valence-electron chi connectivity index (χ4n) is 3.53. The van der Waals surface area contributed by atoms with Crippen molar-refractivity contribution in [2.75, 3.05) is 19.6 Å². The number of rotatable bonds is 6. The number of hydrogen-bond donors (Lipinski definition) is 0. The number of amides is 3. The molecule has 32 heavy (non-hydrogen) atoms. The summed E-state index contributed by atoms with van der Waals surface area (Å²) in [6.07, 6.45) is 3.46. The van der Waals surface area contributed by atoms with Gasteiger partial charge in [-0.1, -0.05) is 28.1 Å². The molecule has 0 aliphatic carbocycles. The number of benzene rings is 2. The van der Waals surface area contributed by atoms with Crippen LogP contribution in [0, 0.1) is 5.82 Å². The van der Waals surface area contributed by atoms with Crippen LogP contribution in [0.3, 0.4) is 0 Å². The van der Waals surface area contributed by atoms with Gasteiger partial charge in [-0.25, -0.2) is 4.39 Å². The molecule has 0 N–H and O–H groups in total. The number of carbonyl (C=O) groups excluding carboxylic acids is 3. The standard InChI is InChI=1S/C23H20BrFN2O4S/c24-17-6-7-19(31-14-15-4-3-5-18(25)10-15)16(11-17)12-20-22(29)27(23(30)32-20)13-21(28)26-8-1-2-9-26/h3-7,10-12H,1-2,8-9,13-14H2/b20-12+. The Kier molecular flexibility index (Phi) is 6.95. The first-order chi connectivity index (χ1) is 15.4. The van der Waals surface area contributed by atoms with E-state index in [1.165, 1.54) is 12.1 Å². The lowest BCUT2D eigenvalue weighted by molar-refractivity contribution is -0.135. The normalized spacial score (nSPS) is 17.5. The monoisotopic (exact) mass is 518 g/mol. The number of nitrogens with zero attached hydrogens (tertiary/aromatic N) is 2. The van der Waals surface area contributed by atoms with Gasteiger partial charge in [-0.2, -0.15) is 0 Å². The SMILES string of the molecule is O=C(CN1C(=O)S/C(=C/c2cc(Br)ccc2OCc2cccc(F)c2)C1=O)N1CCCC1. The van der Waals surface area contributed by atoms with E-state index in [1.807, 2.05) is 0 Å². The van der Waals surface area contributed by atoms with E-state index in [4.69, 9.17) is 4.74 Å². The largest absolute Gasteiger partial charge is 0.488 e. The molecule has 0 unspecified atom stereocenters. The minimum atomic E-state index is -0.497. The summed E-state index contributed by atoms with van der Waals surface area (Å²) in [4.78, 5) is 40.5. The van der Waals surface area contributed by atoms with E-state index in [1.54, 1.807) is 41.3 Å². The lowest BCUT2D eigenvalue weighted by Gasteiger charge is -2.18. The number of halogens is 2. The van der Waals surface area contributed by atoms with Crippen molar-refractivity contribution in [3.63, 3.8) is 0 Å². The highest BCUT2D eigenvalue weighted by molar-refractivity contribution is 9.10. The Balaban J connectivity index is 1.51. The van der Waals surface area contributed by atoms with Crippen LogP contribution in [0.1, 0.15) is 24.0 Å². The summed E-state index contributed by atoms with van der Waals surface area (Å²) in [5, 5.41) is -0.467. The second-order valence-electron chi connectivity index (χ2n) is 7.46. The summed E-state index contributed by atoms with van der Waals surface area (Å²) in [6.45, 7) is 1.22. The first-order valence-corrected chi connectivity index (χ1v) is 11.7. The molecule has 2 heterocycles. The van der Waals surface area contributed by atoms with Crippen molar-refractivity contribution in [3.05, 3.63) is 68.8 Å². The van der Waals surface area contributed by atoms with Crippen molar-refractivity contribution in [3.8, 4) is 5.75 Å². The number of thioether (sulfide) groups is 1. The van der Waals surface area contributed by atoms with Gasteiger partial charge in [0.15, 0.2) is 0 Å². The van der Waals surface area contributed by atoms with Crippen LogP contribution < -0.4 is 4.74 Å². The second-order valence-corrected chi connectivity index (χ2v) is 9.37. The lowest BCUT2D eigenvalue weighted by atomic mass is 10.1. The van der Waals surface area contributed by atoms with Crippen molar-refractivity contribution >= 4 is 50.8 Å². The van der Waals surface area contributed by atoms with Gasteiger partial charge >= 0.3 is 0 Å². The quantitative estimate of drug-likeness (QED) is 0.512. The van der Waals surface area contributed by atoms with Crippen LogP contribution >= 0.6 is 27.7 Å². The van der Waals surface area contributed by atoms with E-state index in [-0.39, 0.29) is 29.8 Å². The summed E-state index contributed by atoms with van der Waals surface area (Å²) in [5.41, 5.74) is 1.26. The zero-order valence-electron chi connectivity index (χ0n) is 17.1. The van der Waals surface area contributed by atoms with Crippen LogP contribution in [0.15, 0.2) is 51.8 Å². The van der Waals surface area contributed by atoms with Gasteiger partial charge in [-0.15, -0.1) is 0 Å². The van der Waals surface area contributed by atoms with Crippen LogP contribution in [0.2, 0.25) is 0 Å². The van der Waals surface area contributed by atoms with E-state index in [2.05, 4.69) is 15.9 Å². The molecule has 0 radical (unpaired) electrons. The smallest absolute Gasteiger partial charge is 0.294 e. The predicted octanol–water partition coefficient (Wildman–Crippen LogP) is 4.83. The van der Waals surface area contributed by atoms with Gasteiger partial charge in [-0.3, -0.25) is 19.3 Å². The molecular weight excluding hydrogens is 499 g/mol. The summed E-state index contributed by atoms with van der Waals surface area (Å²) in [7, 11) is 0. The zero-order chi connectivity index (χ0) is 22.7. The summed E-state index contributed by atoms with van der Waals surface area (Å²) >= 11 is 4.21. The predicted molar refractivity (Wildman–Crippen MR) is 123 cm³/mol. The molecule has 0 atom stereocenters. The summed E-state index contributed by atoms with van der Waals surface area (Å²) < 4.78 is 20.0. The van der Waals surface area contributed by atoms with Crippen molar-refractivity contribution in [2.24, 2.45) is 0 Å². The van der Waals surface area contributed by atoms with Gasteiger partial charge in [0.1, 0.15) is 24.7 Å². The molecule has 0 bridgehead atoms. The Morgan fingerprint density at radius 2 is 1.94 bits per heavy atom. The average molecular weight is 519 g/mol. The Hall–Kier alpha value is -2.65. The Morgan fingerprint density at radius 1 is 1.16 bits per heavy atom. The Morgan fingerprint density at radius 3 is 2.69 bits per heavy atom. The van der Waals surface area contributed by atoms with Crippen LogP contribution in [0.25, 0.3) is 6.08 Å². The molecule has 6 nitrogen and oxygen atoms in total. The third-order valence-corrected chi connectivity index (χ3v) is 6.57. The molecule has 2 aliphatic heterocycles. The number of hydrogen-bond acceptors (Lipinski definition) is 5. The Labute approximate surface area is 197 Å².